The van der Waals surface area contributed by atoms with Gasteiger partial charge in [-0.1, -0.05) is 29.3 Å². The molecule has 7 heteroatoms. The predicted molar refractivity (Wildman–Crippen MR) is 104 cm³/mol. The molecule has 0 saturated carbocycles. The van der Waals surface area contributed by atoms with Crippen LogP contribution in [-0.4, -0.2) is 52.0 Å². The average molecular weight is 388 g/mol. The highest BCUT2D eigenvalue weighted by Crippen LogP contribution is 2.23. The molecule has 5 nitrogen and oxygen atoms in total. The van der Waals surface area contributed by atoms with Gasteiger partial charge in [0.05, 0.1) is 5.60 Å². The Morgan fingerprint density at radius 1 is 1.28 bits per heavy atom. The van der Waals surface area contributed by atoms with Gasteiger partial charge in [-0.3, -0.25) is 4.99 Å². The molecule has 0 aromatic heterocycles. The van der Waals surface area contributed by atoms with Crippen molar-refractivity contribution in [1.29, 1.82) is 0 Å². The summed E-state index contributed by atoms with van der Waals surface area (Å²) >= 11 is 12.1. The molecular formula is C18H27Cl2N3O2. The van der Waals surface area contributed by atoms with Gasteiger partial charge in [0.2, 0.25) is 0 Å². The summed E-state index contributed by atoms with van der Waals surface area (Å²) in [6.45, 7) is 3.00. The summed E-state index contributed by atoms with van der Waals surface area (Å²) in [5.74, 6) is 0.783. The Morgan fingerprint density at radius 3 is 2.68 bits per heavy atom. The van der Waals surface area contributed by atoms with Gasteiger partial charge in [0, 0.05) is 63.3 Å². The van der Waals surface area contributed by atoms with E-state index in [0.717, 1.165) is 68.5 Å². The standard InChI is InChI=1S/C18H27Cl2N3O2/c1-21-17(23-13-18(24-2)7-10-25-11-8-18)22-9-3-4-14-5-6-15(19)12-16(14)20/h5-6,12H,3-4,7-11,13H2,1-2H3,(H2,21,22,23). The zero-order valence-corrected chi connectivity index (χ0v) is 16.4. The van der Waals surface area contributed by atoms with Crippen LogP contribution < -0.4 is 10.6 Å². The first-order valence-corrected chi connectivity index (χ1v) is 9.35. The van der Waals surface area contributed by atoms with Crippen molar-refractivity contribution in [2.24, 2.45) is 4.99 Å². The number of nitrogens with zero attached hydrogens (tertiary/aromatic N) is 1. The summed E-state index contributed by atoms with van der Waals surface area (Å²) in [5, 5.41) is 8.08. The first kappa shape index (κ1) is 20.3. The highest BCUT2D eigenvalue weighted by molar-refractivity contribution is 6.35. The minimum absolute atomic E-state index is 0.174. The normalized spacial score (nSPS) is 17.4. The van der Waals surface area contributed by atoms with Crippen LogP contribution in [0.15, 0.2) is 23.2 Å². The number of methoxy groups -OCH3 is 1. The Kier molecular flexibility index (Phi) is 8.30. The van der Waals surface area contributed by atoms with Crippen LogP contribution in [0.5, 0.6) is 0 Å². The fraction of sp³-hybridized carbons (Fsp3) is 0.611. The number of aryl methyl sites for hydroxylation is 1. The van der Waals surface area contributed by atoms with Crippen molar-refractivity contribution in [2.45, 2.75) is 31.3 Å². The van der Waals surface area contributed by atoms with Crippen LogP contribution in [0, 0.1) is 0 Å². The molecule has 1 heterocycles. The summed E-state index contributed by atoms with van der Waals surface area (Å²) in [7, 11) is 3.54. The van der Waals surface area contributed by atoms with Crippen LogP contribution in [0.25, 0.3) is 0 Å². The van der Waals surface area contributed by atoms with E-state index in [1.165, 1.54) is 0 Å². The van der Waals surface area contributed by atoms with Gasteiger partial charge in [0.1, 0.15) is 0 Å². The largest absolute Gasteiger partial charge is 0.381 e. The van der Waals surface area contributed by atoms with Crippen LogP contribution in [0.2, 0.25) is 10.0 Å². The predicted octanol–water partition coefficient (Wildman–Crippen LogP) is 3.29. The molecule has 0 aliphatic carbocycles. The van der Waals surface area contributed by atoms with Crippen molar-refractivity contribution in [3.05, 3.63) is 33.8 Å². The van der Waals surface area contributed by atoms with E-state index in [-0.39, 0.29) is 5.60 Å². The van der Waals surface area contributed by atoms with Crippen molar-refractivity contribution >= 4 is 29.2 Å². The minimum Gasteiger partial charge on any atom is -0.381 e. The Labute approximate surface area is 160 Å². The fourth-order valence-corrected chi connectivity index (χ4v) is 3.37. The van der Waals surface area contributed by atoms with E-state index in [9.17, 15) is 0 Å². The molecule has 0 radical (unpaired) electrons. The number of aliphatic imine (C=N–C) groups is 1. The number of nitrogens with one attached hydrogen (secondary N) is 2. The highest BCUT2D eigenvalue weighted by atomic mass is 35.5. The third kappa shape index (κ3) is 6.33. The van der Waals surface area contributed by atoms with Gasteiger partial charge >= 0.3 is 0 Å². The molecule has 1 fully saturated rings. The zero-order chi connectivity index (χ0) is 18.1. The molecule has 25 heavy (non-hydrogen) atoms. The van der Waals surface area contributed by atoms with E-state index >= 15 is 0 Å². The van der Waals surface area contributed by atoms with Crippen molar-refractivity contribution in [3.8, 4) is 0 Å². The van der Waals surface area contributed by atoms with Crippen LogP contribution in [0.4, 0.5) is 0 Å². The lowest BCUT2D eigenvalue weighted by Crippen LogP contribution is -2.50. The monoisotopic (exact) mass is 387 g/mol. The topological polar surface area (TPSA) is 54.9 Å². The molecule has 1 aromatic carbocycles. The first-order valence-electron chi connectivity index (χ1n) is 8.60. The molecule has 1 aromatic rings. The van der Waals surface area contributed by atoms with Gasteiger partial charge in [-0.2, -0.15) is 0 Å². The second kappa shape index (κ2) is 10.2. The molecule has 0 amide bonds. The van der Waals surface area contributed by atoms with Crippen molar-refractivity contribution < 1.29 is 9.47 Å². The van der Waals surface area contributed by atoms with Crippen LogP contribution >= 0.6 is 23.2 Å². The molecule has 1 aliphatic heterocycles. The summed E-state index contributed by atoms with van der Waals surface area (Å²) < 4.78 is 11.2. The molecule has 0 unspecified atom stereocenters. The SMILES string of the molecule is CN=C(NCCCc1ccc(Cl)cc1Cl)NCC1(OC)CCOCC1. The molecule has 0 atom stereocenters. The molecule has 1 aliphatic rings. The average Bonchev–Trinajstić information content (AvgIpc) is 2.63. The van der Waals surface area contributed by atoms with Crippen molar-refractivity contribution in [1.82, 2.24) is 10.6 Å². The zero-order valence-electron chi connectivity index (χ0n) is 14.9. The second-order valence-electron chi connectivity index (χ2n) is 6.19. The third-order valence-corrected chi connectivity index (χ3v) is 5.16. The van der Waals surface area contributed by atoms with Crippen LogP contribution in [-0.2, 0) is 15.9 Å². The number of benzene rings is 1. The third-order valence-electron chi connectivity index (χ3n) is 4.57. The van der Waals surface area contributed by atoms with Gasteiger partial charge in [0.15, 0.2) is 5.96 Å². The lowest BCUT2D eigenvalue weighted by atomic mass is 9.94. The lowest BCUT2D eigenvalue weighted by Gasteiger charge is -2.36. The van der Waals surface area contributed by atoms with E-state index in [4.69, 9.17) is 32.7 Å². The maximum atomic E-state index is 6.20. The van der Waals surface area contributed by atoms with Crippen LogP contribution in [0.1, 0.15) is 24.8 Å². The van der Waals surface area contributed by atoms with Gasteiger partial charge in [0.25, 0.3) is 0 Å². The smallest absolute Gasteiger partial charge is 0.191 e. The first-order chi connectivity index (χ1) is 12.1. The molecule has 2 rings (SSSR count). The van der Waals surface area contributed by atoms with E-state index < -0.39 is 0 Å². The Morgan fingerprint density at radius 2 is 2.04 bits per heavy atom. The molecule has 1 saturated heterocycles. The summed E-state index contributed by atoms with van der Waals surface area (Å²) in [6.07, 6.45) is 3.62. The van der Waals surface area contributed by atoms with Gasteiger partial charge in [-0.05, 0) is 30.5 Å². The number of guanidine groups is 1. The highest BCUT2D eigenvalue weighted by Gasteiger charge is 2.32. The Balaban J connectivity index is 1.73. The quantitative estimate of drug-likeness (QED) is 0.428. The van der Waals surface area contributed by atoms with Crippen molar-refractivity contribution in [3.63, 3.8) is 0 Å². The number of rotatable bonds is 7. The maximum Gasteiger partial charge on any atom is 0.191 e. The maximum absolute atomic E-state index is 6.20. The van der Waals surface area contributed by atoms with E-state index in [1.54, 1.807) is 20.2 Å². The molecule has 0 bridgehead atoms. The Bertz CT molecular complexity index is 575. The number of halogens is 2. The Hall–Kier alpha value is -1.01. The second-order valence-corrected chi connectivity index (χ2v) is 7.03. The lowest BCUT2D eigenvalue weighted by molar-refractivity contribution is -0.0855. The molecule has 2 N–H and O–H groups in total. The van der Waals surface area contributed by atoms with Gasteiger partial charge < -0.3 is 20.1 Å². The molecule has 140 valence electrons. The summed E-state index contributed by atoms with van der Waals surface area (Å²) in [4.78, 5) is 4.28. The molecule has 0 spiro atoms. The molecular weight excluding hydrogens is 361 g/mol. The van der Waals surface area contributed by atoms with Crippen LogP contribution in [0.3, 0.4) is 0 Å². The fourth-order valence-electron chi connectivity index (χ4n) is 2.87. The summed E-state index contributed by atoms with van der Waals surface area (Å²) in [5.41, 5.74) is 0.934. The van der Waals surface area contributed by atoms with E-state index in [1.807, 2.05) is 12.1 Å². The van der Waals surface area contributed by atoms with E-state index in [0.29, 0.717) is 5.02 Å². The van der Waals surface area contributed by atoms with Gasteiger partial charge in [-0.15, -0.1) is 0 Å². The van der Waals surface area contributed by atoms with Crippen molar-refractivity contribution in [2.75, 3.05) is 40.5 Å². The number of hydrogen-bond acceptors (Lipinski definition) is 3. The van der Waals surface area contributed by atoms with Gasteiger partial charge in [-0.25, -0.2) is 0 Å². The number of ether oxygens (including phenoxy) is 2. The summed E-state index contributed by atoms with van der Waals surface area (Å²) in [6, 6.07) is 5.63. The van der Waals surface area contributed by atoms with E-state index in [2.05, 4.69) is 15.6 Å². The minimum atomic E-state index is -0.174. The number of hydrogen-bond donors (Lipinski definition) is 2.